The van der Waals surface area contributed by atoms with Gasteiger partial charge in [-0.05, 0) is 116 Å². The Morgan fingerprint density at radius 2 is 0.785 bits per heavy atom. The first-order valence-electron chi connectivity index (χ1n) is 44.1. The third-order valence-corrected chi connectivity index (χ3v) is 22.3. The van der Waals surface area contributed by atoms with Crippen molar-refractivity contribution in [2.45, 2.75) is 203 Å². The standard InChI is InChI=1S/C88H126N28O19/c1-5-46(4)68(114-79(128)60(38-48-26-30-53(118)31-27-48)112-77(126)61(39-51-41-100-44-105-51)110-72(121)54(89)20-12-32-101-85(92)93)82(131)113-62(40-63(90)119)78(127)111-59(36-45(2)3)76(125)106-56(22-14-34-103-87(96)97)74(123)115-69-65(67(69)84(133)135-43-50-18-10-7-11-19-50)81(130)108-57(23-15-35-104-88(98)99)75(124)116-70-64(66(70)83(132)134-42-49-16-8-6-9-17-49)80(129)107-55(21-13-33-102-86(94)95)73(122)109-58(71(91)120)37-47-24-28-52(117)29-25-47/h6-11,16-19,24-31,41,44-46,54-62,64-70,117-118H,5,12-15,20-23,32-40,42-43,89H2,1-4H3,(H2,90,119)(H2,91,120)(H,100,105)(H,106,125)(H,107,129)(H,108,130)(H,109,122)(H,110,121)(H,111,127)(H,112,126)(H,113,131)(H,114,128)(H,115,123)(H,116,124)(H4,92,93,101)(H4,94,95,102)(H4,96,97,103)(H4,98,99,104)/t46-,54-,55-,56-,57-,58-,59-,60-,61-,62-,64-,65-,66-,67-,68-,69+,70+/m0/s1. The molecule has 13 amide bonds. The van der Waals surface area contributed by atoms with Crippen molar-refractivity contribution < 1.29 is 91.6 Å². The molecule has 0 bridgehead atoms. The number of hydrogen-bond acceptors (Lipinski definition) is 25. The molecule has 5 aromatic rings. The molecule has 47 nitrogen and oxygen atoms in total. The number of imidazole rings is 1. The minimum absolute atomic E-state index is 0.0206. The van der Waals surface area contributed by atoms with Gasteiger partial charge in [0.2, 0.25) is 76.8 Å². The molecule has 7 rings (SSSR count). The first-order chi connectivity index (χ1) is 64.2. The zero-order valence-corrected chi connectivity index (χ0v) is 75.4. The first-order valence-corrected chi connectivity index (χ1v) is 44.1. The molecule has 2 fully saturated rings. The fourth-order valence-electron chi connectivity index (χ4n) is 14.7. The number of amides is 13. The van der Waals surface area contributed by atoms with Crippen molar-refractivity contribution in [1.82, 2.24) is 89.7 Å². The lowest BCUT2D eigenvalue weighted by Crippen LogP contribution is -2.61. The highest BCUT2D eigenvalue weighted by atomic mass is 16.5. The summed E-state index contributed by atoms with van der Waals surface area (Å²) >= 11 is 0. The molecule has 47 heteroatoms. The fraction of sp³-hybridized carbons (Fsp3) is 0.477. The van der Waals surface area contributed by atoms with Gasteiger partial charge in [0.25, 0.3) is 0 Å². The summed E-state index contributed by atoms with van der Waals surface area (Å²) in [5, 5.41) is 90.1. The van der Waals surface area contributed by atoms with Crippen LogP contribution in [0.3, 0.4) is 0 Å². The van der Waals surface area contributed by atoms with Gasteiger partial charge in [0.15, 0.2) is 23.8 Å². The van der Waals surface area contributed by atoms with Crippen LogP contribution >= 0.6 is 0 Å². The number of hydrogen-bond donors (Lipinski definition) is 29. The Hall–Kier alpha value is -15.2. The molecule has 2 saturated carbocycles. The summed E-state index contributed by atoms with van der Waals surface area (Å²) in [5.74, 6) is -24.0. The zero-order valence-electron chi connectivity index (χ0n) is 75.4. The van der Waals surface area contributed by atoms with Crippen molar-refractivity contribution in [2.24, 2.45) is 75.6 Å². The Kier molecular flexibility index (Phi) is 42.2. The number of carbonyl (C=O) groups excluding carboxylic acids is 15. The first kappa shape index (κ1) is 107. The van der Waals surface area contributed by atoms with E-state index >= 15 is 19.2 Å². The van der Waals surface area contributed by atoms with Crippen molar-refractivity contribution >= 4 is 113 Å². The molecule has 1 aromatic heterocycles. The number of esters is 2. The number of guanidine groups is 4. The summed E-state index contributed by atoms with van der Waals surface area (Å²) in [6, 6.07) is 9.91. The summed E-state index contributed by atoms with van der Waals surface area (Å²) < 4.78 is 11.4. The van der Waals surface area contributed by atoms with Gasteiger partial charge in [0, 0.05) is 51.6 Å². The molecule has 0 radical (unpaired) electrons. The number of carbonyl (C=O) groups is 15. The monoisotopic (exact) mass is 1880 g/mol. The molecule has 2 aliphatic rings. The molecule has 4 aromatic carbocycles. The number of primary amides is 2. The van der Waals surface area contributed by atoms with E-state index in [-0.39, 0.29) is 134 Å². The smallest absolute Gasteiger partial charge is 0.312 e. The van der Waals surface area contributed by atoms with E-state index in [1.807, 2.05) is 0 Å². The predicted octanol–water partition coefficient (Wildman–Crippen LogP) is -5.01. The van der Waals surface area contributed by atoms with Crippen LogP contribution < -0.4 is 120 Å². The second-order valence-corrected chi connectivity index (χ2v) is 33.5. The molecule has 0 aliphatic heterocycles. The van der Waals surface area contributed by atoms with Gasteiger partial charge in [0.1, 0.15) is 79.1 Å². The topological polar surface area (TPSA) is 802 Å². The summed E-state index contributed by atoms with van der Waals surface area (Å²) in [5.41, 5.74) is 42.1. The Morgan fingerprint density at radius 3 is 1.21 bits per heavy atom. The molecule has 2 aliphatic carbocycles. The normalized spacial score (nSPS) is 17.5. The molecule has 1 heterocycles. The zero-order chi connectivity index (χ0) is 99.1. The highest BCUT2D eigenvalue weighted by Crippen LogP contribution is 2.43. The Morgan fingerprint density at radius 1 is 0.415 bits per heavy atom. The number of ether oxygens (including phenoxy) is 2. The molecule has 17 atom stereocenters. The van der Waals surface area contributed by atoms with Crippen LogP contribution in [-0.2, 0) is 114 Å². The fourth-order valence-corrected chi connectivity index (χ4v) is 14.7. The number of phenols is 2. The largest absolute Gasteiger partial charge is 0.508 e. The Labute approximate surface area is 778 Å². The van der Waals surface area contributed by atoms with Crippen LogP contribution in [0, 0.1) is 57.1 Å². The number of benzene rings is 4. The van der Waals surface area contributed by atoms with Crippen LogP contribution in [0.15, 0.2) is 122 Å². The van der Waals surface area contributed by atoms with Gasteiger partial charge < -0.3 is 145 Å². The van der Waals surface area contributed by atoms with Gasteiger partial charge in [-0.2, -0.15) is 0 Å². The van der Waals surface area contributed by atoms with E-state index < -0.39 is 221 Å². The van der Waals surface area contributed by atoms with E-state index in [0.717, 1.165) is 0 Å². The molecule has 732 valence electrons. The van der Waals surface area contributed by atoms with E-state index in [4.69, 9.17) is 71.2 Å². The molecule has 0 unspecified atom stereocenters. The lowest BCUT2D eigenvalue weighted by atomic mass is 9.96. The SMILES string of the molecule is CC[C@H](C)[C@H](NC(=O)[C@H](Cc1ccc(O)cc1)NC(=O)[C@H](Cc1c[nH]cn1)NC(=O)[C@@H](N)CCCNC(=N)N)C(=O)N[C@@H](CC(N)=O)C(=O)N[C@@H](CC(C)C)C(=O)N[C@@H](CCCNC(=N)N)C(=O)N[C@@H]1[C@@H](C(=O)N[C@@H](CCCNC(=N)N)C(=O)N[C@@H]2[C@@H](C(=O)N[C@@H](CCCNC(=N)N)C(=O)N[C@@H](Cc3ccc(O)cc3)C(N)=O)[C@@H]2C(=O)OCc2ccccc2)[C@@H]1C(=O)OCc1ccccc1. The minimum Gasteiger partial charge on any atom is -0.508 e. The van der Waals surface area contributed by atoms with E-state index in [9.17, 15) is 63.0 Å². The predicted molar refractivity (Wildman–Crippen MR) is 490 cm³/mol. The van der Waals surface area contributed by atoms with Gasteiger partial charge in [-0.1, -0.05) is 119 Å². The van der Waals surface area contributed by atoms with Gasteiger partial charge >= 0.3 is 11.9 Å². The minimum atomic E-state index is -1.88. The number of aromatic nitrogens is 2. The average molecular weight is 1880 g/mol. The van der Waals surface area contributed by atoms with Gasteiger partial charge in [0.05, 0.1) is 60.2 Å². The number of aromatic amines is 1. The molecule has 0 saturated heterocycles. The van der Waals surface area contributed by atoms with Crippen LogP contribution in [-0.4, -0.2) is 231 Å². The maximum absolute atomic E-state index is 15.2. The molecule has 0 spiro atoms. The van der Waals surface area contributed by atoms with E-state index in [1.54, 1.807) is 88.4 Å². The molecule has 36 N–H and O–H groups in total. The number of phenolic OH excluding ortho intramolecular Hbond substituents is 2. The van der Waals surface area contributed by atoms with Crippen LogP contribution in [0.25, 0.3) is 0 Å². The number of H-pyrrole nitrogens is 1. The summed E-state index contributed by atoms with van der Waals surface area (Å²) in [6.45, 7) is 6.11. The Balaban J connectivity index is 1.14. The maximum Gasteiger partial charge on any atom is 0.312 e. The second-order valence-electron chi connectivity index (χ2n) is 33.5. The van der Waals surface area contributed by atoms with E-state index in [2.05, 4.69) is 89.7 Å². The average Bonchev–Trinajstić information content (AvgIpc) is 1.59. The highest BCUT2D eigenvalue weighted by Gasteiger charge is 2.63. The van der Waals surface area contributed by atoms with Gasteiger partial charge in [-0.3, -0.25) is 93.6 Å². The van der Waals surface area contributed by atoms with Crippen LogP contribution in [0.1, 0.15) is 126 Å². The van der Waals surface area contributed by atoms with Crippen molar-refractivity contribution in [1.29, 1.82) is 21.6 Å². The van der Waals surface area contributed by atoms with Crippen molar-refractivity contribution in [3.8, 4) is 11.5 Å². The van der Waals surface area contributed by atoms with E-state index in [1.165, 1.54) is 61.1 Å². The summed E-state index contributed by atoms with van der Waals surface area (Å²) in [4.78, 5) is 224. The van der Waals surface area contributed by atoms with Crippen molar-refractivity contribution in [3.05, 3.63) is 150 Å². The number of nitrogens with one attached hydrogen (secondary N) is 20. The highest BCUT2D eigenvalue weighted by molar-refractivity contribution is 6.02. The van der Waals surface area contributed by atoms with Crippen molar-refractivity contribution in [2.75, 3.05) is 26.2 Å². The summed E-state index contributed by atoms with van der Waals surface area (Å²) in [6.07, 6.45) is 1.02. The van der Waals surface area contributed by atoms with Crippen molar-refractivity contribution in [3.63, 3.8) is 0 Å². The van der Waals surface area contributed by atoms with Crippen LogP contribution in [0.4, 0.5) is 0 Å². The number of nitrogens with two attached hydrogens (primary N) is 7. The number of nitrogens with zero attached hydrogens (tertiary/aromatic N) is 1. The summed E-state index contributed by atoms with van der Waals surface area (Å²) in [7, 11) is 0. The van der Waals surface area contributed by atoms with Crippen LogP contribution in [0.2, 0.25) is 0 Å². The third-order valence-electron chi connectivity index (χ3n) is 22.3. The van der Waals surface area contributed by atoms with Crippen LogP contribution in [0.5, 0.6) is 11.5 Å². The lowest BCUT2D eigenvalue weighted by molar-refractivity contribution is -0.148. The second kappa shape index (κ2) is 53.3. The molecular weight excluding hydrogens is 1750 g/mol. The molecule has 135 heavy (non-hydrogen) atoms. The van der Waals surface area contributed by atoms with Gasteiger partial charge in [-0.25, -0.2) is 4.98 Å². The molecular formula is C88H126N28O19. The number of aromatic hydroxyl groups is 2. The maximum atomic E-state index is 15.2. The third kappa shape index (κ3) is 36.1. The lowest BCUT2D eigenvalue weighted by Gasteiger charge is -2.30. The Bertz CT molecular complexity index is 4920. The van der Waals surface area contributed by atoms with E-state index in [0.29, 0.717) is 34.4 Å². The quantitative estimate of drug-likeness (QED) is 0.00750. The number of rotatable bonds is 57. The van der Waals surface area contributed by atoms with Gasteiger partial charge in [-0.15, -0.1) is 0 Å².